The summed E-state index contributed by atoms with van der Waals surface area (Å²) in [7, 11) is 4.13. The molecule has 16 heavy (non-hydrogen) atoms. The number of nitrogens with zero attached hydrogens (tertiary/aromatic N) is 4. The maximum absolute atomic E-state index is 9.33. The molecule has 0 aliphatic carbocycles. The zero-order valence-electron chi connectivity index (χ0n) is 9.92. The zero-order chi connectivity index (χ0) is 11.7. The second-order valence-electron chi connectivity index (χ2n) is 4.43. The molecule has 1 aliphatic heterocycles. The highest BCUT2D eigenvalue weighted by molar-refractivity contribution is 4.98. The van der Waals surface area contributed by atoms with Crippen molar-refractivity contribution in [3.63, 3.8) is 0 Å². The number of hydrogen-bond donors (Lipinski definition) is 1. The molecule has 2 atom stereocenters. The maximum atomic E-state index is 9.33. The van der Waals surface area contributed by atoms with Gasteiger partial charge in [0.2, 0.25) is 0 Å². The molecule has 0 radical (unpaired) electrons. The van der Waals surface area contributed by atoms with E-state index >= 15 is 0 Å². The first kappa shape index (κ1) is 11.5. The second kappa shape index (κ2) is 4.48. The summed E-state index contributed by atoms with van der Waals surface area (Å²) < 4.78 is 5.01. The van der Waals surface area contributed by atoms with Crippen molar-refractivity contribution >= 4 is 0 Å². The molecule has 0 aromatic carbocycles. The molecule has 1 aromatic heterocycles. The number of piperazine rings is 1. The summed E-state index contributed by atoms with van der Waals surface area (Å²) in [4.78, 5) is 8.67. The molecular weight excluding hydrogens is 208 g/mol. The molecule has 1 aliphatic rings. The van der Waals surface area contributed by atoms with Crippen molar-refractivity contribution in [2.45, 2.75) is 19.1 Å². The Bertz CT molecular complexity index is 352. The van der Waals surface area contributed by atoms with Crippen LogP contribution in [0.3, 0.4) is 0 Å². The van der Waals surface area contributed by atoms with Gasteiger partial charge in [-0.25, -0.2) is 0 Å². The van der Waals surface area contributed by atoms with Gasteiger partial charge in [-0.1, -0.05) is 5.16 Å². The van der Waals surface area contributed by atoms with Gasteiger partial charge in [0.1, 0.15) is 6.10 Å². The highest BCUT2D eigenvalue weighted by Gasteiger charge is 2.28. The minimum Gasteiger partial charge on any atom is -0.384 e. The van der Waals surface area contributed by atoms with E-state index in [4.69, 9.17) is 4.52 Å². The first-order valence-corrected chi connectivity index (χ1v) is 5.48. The smallest absolute Gasteiger partial charge is 0.255 e. The molecule has 90 valence electrons. The van der Waals surface area contributed by atoms with Crippen LogP contribution >= 0.6 is 0 Å². The minimum absolute atomic E-state index is 0.148. The Morgan fingerprint density at radius 3 is 2.81 bits per heavy atom. The van der Waals surface area contributed by atoms with Gasteiger partial charge < -0.3 is 14.5 Å². The van der Waals surface area contributed by atoms with Crippen molar-refractivity contribution in [3.05, 3.63) is 11.7 Å². The molecule has 6 nitrogen and oxygen atoms in total. The summed E-state index contributed by atoms with van der Waals surface area (Å²) >= 11 is 0. The van der Waals surface area contributed by atoms with Crippen molar-refractivity contribution < 1.29 is 9.63 Å². The number of hydrogen-bond acceptors (Lipinski definition) is 6. The van der Waals surface area contributed by atoms with Crippen LogP contribution in [0.1, 0.15) is 30.8 Å². The first-order valence-electron chi connectivity index (χ1n) is 5.48. The lowest BCUT2D eigenvalue weighted by atomic mass is 10.2. The Morgan fingerprint density at radius 1 is 1.44 bits per heavy atom. The molecule has 2 heterocycles. The van der Waals surface area contributed by atoms with E-state index in [-0.39, 0.29) is 11.9 Å². The Balaban J connectivity index is 2.15. The van der Waals surface area contributed by atoms with Gasteiger partial charge >= 0.3 is 0 Å². The van der Waals surface area contributed by atoms with Crippen molar-refractivity contribution in [2.24, 2.45) is 0 Å². The van der Waals surface area contributed by atoms with Gasteiger partial charge in [-0.3, -0.25) is 4.90 Å². The third kappa shape index (κ3) is 2.23. The fourth-order valence-electron chi connectivity index (χ4n) is 1.84. The van der Waals surface area contributed by atoms with Crippen LogP contribution in [0.2, 0.25) is 0 Å². The number of rotatable bonds is 2. The van der Waals surface area contributed by atoms with Crippen molar-refractivity contribution in [1.82, 2.24) is 19.9 Å². The summed E-state index contributed by atoms with van der Waals surface area (Å²) in [5, 5.41) is 13.3. The minimum atomic E-state index is -0.701. The van der Waals surface area contributed by atoms with Crippen LogP contribution in [0.25, 0.3) is 0 Å². The van der Waals surface area contributed by atoms with E-state index in [9.17, 15) is 5.11 Å². The summed E-state index contributed by atoms with van der Waals surface area (Å²) in [6.07, 6.45) is -0.701. The average Bonchev–Trinajstić information content (AvgIpc) is 2.70. The Labute approximate surface area is 94.8 Å². The van der Waals surface area contributed by atoms with E-state index in [0.29, 0.717) is 5.82 Å². The molecule has 1 fully saturated rings. The predicted molar refractivity (Wildman–Crippen MR) is 57.8 cm³/mol. The van der Waals surface area contributed by atoms with Crippen LogP contribution in [0.4, 0.5) is 0 Å². The monoisotopic (exact) mass is 226 g/mol. The molecule has 0 bridgehead atoms. The Kier molecular flexibility index (Phi) is 3.22. The van der Waals surface area contributed by atoms with Gasteiger partial charge in [-0.2, -0.15) is 4.98 Å². The van der Waals surface area contributed by atoms with E-state index in [2.05, 4.69) is 34.0 Å². The fourth-order valence-corrected chi connectivity index (χ4v) is 1.84. The van der Waals surface area contributed by atoms with Crippen LogP contribution < -0.4 is 0 Å². The number of aliphatic hydroxyl groups excluding tert-OH is 1. The molecule has 2 unspecified atom stereocenters. The molecule has 1 aromatic rings. The lowest BCUT2D eigenvalue weighted by Gasteiger charge is -2.35. The maximum Gasteiger partial charge on any atom is 0.255 e. The van der Waals surface area contributed by atoms with Gasteiger partial charge in [0, 0.05) is 19.6 Å². The van der Waals surface area contributed by atoms with Gasteiger partial charge in [0.05, 0.1) is 6.04 Å². The van der Waals surface area contributed by atoms with E-state index in [1.807, 2.05) is 0 Å². The molecule has 1 saturated heterocycles. The number of aliphatic hydroxyl groups is 1. The van der Waals surface area contributed by atoms with Gasteiger partial charge in [-0.15, -0.1) is 0 Å². The van der Waals surface area contributed by atoms with Crippen molar-refractivity contribution in [1.29, 1.82) is 0 Å². The molecule has 2 rings (SSSR count). The number of aromatic nitrogens is 2. The quantitative estimate of drug-likeness (QED) is 0.768. The van der Waals surface area contributed by atoms with Crippen LogP contribution in [0.15, 0.2) is 4.52 Å². The Hall–Kier alpha value is -0.980. The SMILES string of the molecule is CC(O)c1nc(C2CN(C)CCN2C)no1. The normalized spacial score (nSPS) is 25.9. The number of likely N-dealkylation sites (N-methyl/N-ethyl adjacent to an activating group) is 2. The Morgan fingerprint density at radius 2 is 2.19 bits per heavy atom. The van der Waals surface area contributed by atoms with Crippen molar-refractivity contribution in [3.8, 4) is 0 Å². The molecule has 0 amide bonds. The highest BCUT2D eigenvalue weighted by Crippen LogP contribution is 2.22. The predicted octanol–water partition coefficient (Wildman–Crippen LogP) is 0.0412. The first-order chi connectivity index (χ1) is 7.58. The topological polar surface area (TPSA) is 65.6 Å². The van der Waals surface area contributed by atoms with Crippen LogP contribution in [0, 0.1) is 0 Å². The van der Waals surface area contributed by atoms with Crippen LogP contribution in [-0.2, 0) is 0 Å². The van der Waals surface area contributed by atoms with Crippen LogP contribution in [0.5, 0.6) is 0 Å². The molecule has 0 spiro atoms. The zero-order valence-corrected chi connectivity index (χ0v) is 9.92. The summed E-state index contributed by atoms with van der Waals surface area (Å²) in [6.45, 7) is 4.54. The van der Waals surface area contributed by atoms with Gasteiger partial charge in [0.25, 0.3) is 5.89 Å². The van der Waals surface area contributed by atoms with Crippen LogP contribution in [-0.4, -0.2) is 58.8 Å². The molecule has 6 heteroatoms. The third-order valence-electron chi connectivity index (χ3n) is 2.96. The largest absolute Gasteiger partial charge is 0.384 e. The lowest BCUT2D eigenvalue weighted by molar-refractivity contribution is 0.107. The fraction of sp³-hybridized carbons (Fsp3) is 0.800. The van der Waals surface area contributed by atoms with E-state index in [0.717, 1.165) is 19.6 Å². The summed E-state index contributed by atoms with van der Waals surface area (Å²) in [5.74, 6) is 0.946. The standard InChI is InChI=1S/C10H18N4O2/c1-7(15)10-11-9(12-16-10)8-6-13(2)4-5-14(8)3/h7-8,15H,4-6H2,1-3H3. The second-order valence-corrected chi connectivity index (χ2v) is 4.43. The third-order valence-corrected chi connectivity index (χ3v) is 2.96. The van der Waals surface area contributed by atoms with E-state index < -0.39 is 6.10 Å². The molecule has 0 saturated carbocycles. The average molecular weight is 226 g/mol. The van der Waals surface area contributed by atoms with E-state index in [1.165, 1.54) is 0 Å². The van der Waals surface area contributed by atoms with Crippen molar-refractivity contribution in [2.75, 3.05) is 33.7 Å². The molecule has 1 N–H and O–H groups in total. The highest BCUT2D eigenvalue weighted by atomic mass is 16.5. The van der Waals surface area contributed by atoms with Gasteiger partial charge in [-0.05, 0) is 21.0 Å². The van der Waals surface area contributed by atoms with E-state index in [1.54, 1.807) is 6.92 Å². The summed E-state index contributed by atoms with van der Waals surface area (Å²) in [5.41, 5.74) is 0. The summed E-state index contributed by atoms with van der Waals surface area (Å²) in [6, 6.07) is 0.148. The lowest BCUT2D eigenvalue weighted by Crippen LogP contribution is -2.45. The molecular formula is C10H18N4O2. The van der Waals surface area contributed by atoms with Gasteiger partial charge in [0.15, 0.2) is 5.82 Å².